The second-order valence-electron chi connectivity index (χ2n) is 4.36. The zero-order valence-corrected chi connectivity index (χ0v) is 9.77. The first-order valence-corrected chi connectivity index (χ1v) is 5.62. The Bertz CT molecular complexity index is 460. The molecule has 0 saturated heterocycles. The van der Waals surface area contributed by atoms with Gasteiger partial charge in [-0.15, -0.1) is 0 Å². The fourth-order valence-electron chi connectivity index (χ4n) is 2.19. The average Bonchev–Trinajstić information content (AvgIpc) is 2.27. The zero-order valence-electron chi connectivity index (χ0n) is 9.77. The molecule has 0 unspecified atom stereocenters. The van der Waals surface area contributed by atoms with Gasteiger partial charge in [0.05, 0.1) is 12.1 Å². The molecule has 1 fully saturated rings. The first-order valence-electron chi connectivity index (χ1n) is 5.62. The van der Waals surface area contributed by atoms with Gasteiger partial charge in [-0.2, -0.15) is 4.99 Å². The molecule has 0 amide bonds. The Morgan fingerprint density at radius 2 is 2.29 bits per heavy atom. The minimum atomic E-state index is -0.454. The molecule has 90 valence electrons. The highest BCUT2D eigenvalue weighted by atomic mass is 16.5. The highest BCUT2D eigenvalue weighted by Gasteiger charge is 2.39. The van der Waals surface area contributed by atoms with Crippen LogP contribution in [-0.4, -0.2) is 18.3 Å². The summed E-state index contributed by atoms with van der Waals surface area (Å²) in [5.41, 5.74) is 1.16. The van der Waals surface area contributed by atoms with Crippen molar-refractivity contribution >= 4 is 6.08 Å². The van der Waals surface area contributed by atoms with Crippen molar-refractivity contribution in [1.29, 1.82) is 0 Å². The quantitative estimate of drug-likeness (QED) is 0.641. The molecule has 0 radical (unpaired) electrons. The number of hydrogen-bond donors (Lipinski definition) is 1. The number of phenols is 1. The monoisotopic (exact) mass is 233 g/mol. The van der Waals surface area contributed by atoms with Crippen LogP contribution in [0.2, 0.25) is 0 Å². The molecule has 0 heterocycles. The van der Waals surface area contributed by atoms with Crippen LogP contribution in [0.15, 0.2) is 23.2 Å². The van der Waals surface area contributed by atoms with Gasteiger partial charge in [0.1, 0.15) is 5.75 Å². The zero-order chi connectivity index (χ0) is 12.3. The number of aromatic hydroxyl groups is 1. The first kappa shape index (κ1) is 11.8. The molecule has 1 aliphatic carbocycles. The van der Waals surface area contributed by atoms with E-state index in [9.17, 15) is 9.90 Å². The number of methoxy groups -OCH3 is 1. The minimum Gasteiger partial charge on any atom is -0.508 e. The highest BCUT2D eigenvalue weighted by Crippen LogP contribution is 2.45. The van der Waals surface area contributed by atoms with Gasteiger partial charge in [-0.3, -0.25) is 0 Å². The summed E-state index contributed by atoms with van der Waals surface area (Å²) in [4.78, 5) is 14.4. The summed E-state index contributed by atoms with van der Waals surface area (Å²) in [5, 5.41) is 9.85. The van der Waals surface area contributed by atoms with Crippen molar-refractivity contribution < 1.29 is 14.6 Å². The van der Waals surface area contributed by atoms with Crippen LogP contribution in [0, 0.1) is 0 Å². The molecule has 0 aromatic heterocycles. The lowest BCUT2D eigenvalue weighted by Gasteiger charge is -2.37. The summed E-state index contributed by atoms with van der Waals surface area (Å²) in [7, 11) is 1.58. The Morgan fingerprint density at radius 3 is 2.76 bits per heavy atom. The van der Waals surface area contributed by atoms with Gasteiger partial charge in [0.15, 0.2) is 0 Å². The van der Waals surface area contributed by atoms with Gasteiger partial charge in [0.25, 0.3) is 0 Å². The number of nitrogens with zero attached hydrogens (tertiary/aromatic N) is 1. The van der Waals surface area contributed by atoms with Crippen LogP contribution in [0.4, 0.5) is 0 Å². The molecule has 0 atom stereocenters. The van der Waals surface area contributed by atoms with Crippen LogP contribution in [0.3, 0.4) is 0 Å². The van der Waals surface area contributed by atoms with Crippen molar-refractivity contribution in [2.45, 2.75) is 31.4 Å². The summed E-state index contributed by atoms with van der Waals surface area (Å²) in [6.07, 6.45) is 4.36. The number of isocyanates is 1. The van der Waals surface area contributed by atoms with Crippen molar-refractivity contribution in [3.8, 4) is 5.75 Å². The number of carbonyl (C=O) groups excluding carboxylic acids is 1. The lowest BCUT2D eigenvalue weighted by molar-refractivity contribution is 0.181. The van der Waals surface area contributed by atoms with E-state index in [-0.39, 0.29) is 5.75 Å². The molecule has 1 aromatic rings. The maximum atomic E-state index is 10.5. The van der Waals surface area contributed by atoms with E-state index in [0.29, 0.717) is 6.61 Å². The van der Waals surface area contributed by atoms with E-state index in [1.165, 1.54) is 0 Å². The Morgan fingerprint density at radius 1 is 1.53 bits per heavy atom. The van der Waals surface area contributed by atoms with Crippen LogP contribution in [-0.2, 0) is 21.7 Å². The minimum absolute atomic E-state index is 0.191. The Balaban J connectivity index is 2.33. The van der Waals surface area contributed by atoms with Gasteiger partial charge in [0.2, 0.25) is 6.08 Å². The smallest absolute Gasteiger partial charge is 0.235 e. The van der Waals surface area contributed by atoms with Gasteiger partial charge < -0.3 is 9.84 Å². The largest absolute Gasteiger partial charge is 0.508 e. The summed E-state index contributed by atoms with van der Waals surface area (Å²) in [5.74, 6) is 0.191. The van der Waals surface area contributed by atoms with Crippen molar-refractivity contribution in [2.75, 3.05) is 7.11 Å². The molecule has 1 aromatic carbocycles. The van der Waals surface area contributed by atoms with E-state index in [0.717, 1.165) is 30.4 Å². The van der Waals surface area contributed by atoms with Crippen LogP contribution in [0.25, 0.3) is 0 Å². The lowest BCUT2D eigenvalue weighted by Crippen LogP contribution is -2.31. The molecule has 1 aliphatic rings. The molecule has 4 nitrogen and oxygen atoms in total. The predicted molar refractivity (Wildman–Crippen MR) is 62.5 cm³/mol. The van der Waals surface area contributed by atoms with Gasteiger partial charge in [-0.25, -0.2) is 4.79 Å². The van der Waals surface area contributed by atoms with Gasteiger partial charge >= 0.3 is 0 Å². The van der Waals surface area contributed by atoms with Crippen molar-refractivity contribution in [3.05, 3.63) is 29.3 Å². The summed E-state index contributed by atoms with van der Waals surface area (Å²) >= 11 is 0. The van der Waals surface area contributed by atoms with E-state index in [1.807, 2.05) is 12.1 Å². The SMILES string of the molecule is COCc1ccc(C2(N=C=O)CCC2)cc1O. The first-order chi connectivity index (χ1) is 8.22. The number of hydrogen-bond acceptors (Lipinski definition) is 4. The van der Waals surface area contributed by atoms with Crippen molar-refractivity contribution in [2.24, 2.45) is 4.99 Å². The average molecular weight is 233 g/mol. The molecule has 4 heteroatoms. The number of aliphatic imine (C=N–C) groups is 1. The molecule has 0 aliphatic heterocycles. The standard InChI is InChI=1S/C13H15NO3/c1-17-8-10-3-4-11(7-12(10)16)13(14-9-15)5-2-6-13/h3-4,7,16H,2,5-6,8H2,1H3. The molecule has 0 bridgehead atoms. The van der Waals surface area contributed by atoms with E-state index in [4.69, 9.17) is 4.74 Å². The maximum Gasteiger partial charge on any atom is 0.235 e. The Kier molecular flexibility index (Phi) is 3.27. The second kappa shape index (κ2) is 4.70. The normalized spacial score (nSPS) is 17.0. The molecule has 1 saturated carbocycles. The van der Waals surface area contributed by atoms with Gasteiger partial charge in [0, 0.05) is 12.7 Å². The summed E-state index contributed by atoms with van der Waals surface area (Å²) < 4.78 is 4.98. The molecule has 2 rings (SSSR count). The van der Waals surface area contributed by atoms with Crippen LogP contribution >= 0.6 is 0 Å². The number of phenolic OH excluding ortho intramolecular Hbond substituents is 1. The van der Waals surface area contributed by atoms with Crippen LogP contribution in [0.5, 0.6) is 5.75 Å². The third kappa shape index (κ3) is 2.09. The maximum absolute atomic E-state index is 10.5. The summed E-state index contributed by atoms with van der Waals surface area (Å²) in [6.45, 7) is 0.371. The van der Waals surface area contributed by atoms with Crippen molar-refractivity contribution in [3.63, 3.8) is 0 Å². The van der Waals surface area contributed by atoms with Crippen LogP contribution in [0.1, 0.15) is 30.4 Å². The lowest BCUT2D eigenvalue weighted by atomic mass is 9.72. The fraction of sp³-hybridized carbons (Fsp3) is 0.462. The highest BCUT2D eigenvalue weighted by molar-refractivity contribution is 5.43. The van der Waals surface area contributed by atoms with E-state index in [1.54, 1.807) is 19.3 Å². The molecule has 17 heavy (non-hydrogen) atoms. The van der Waals surface area contributed by atoms with E-state index >= 15 is 0 Å². The second-order valence-corrected chi connectivity index (χ2v) is 4.36. The Labute approximate surface area is 99.9 Å². The third-order valence-corrected chi connectivity index (χ3v) is 3.36. The van der Waals surface area contributed by atoms with Crippen molar-refractivity contribution in [1.82, 2.24) is 0 Å². The van der Waals surface area contributed by atoms with E-state index in [2.05, 4.69) is 4.99 Å². The third-order valence-electron chi connectivity index (χ3n) is 3.36. The molecule has 1 N–H and O–H groups in total. The Hall–Kier alpha value is -1.64. The number of benzene rings is 1. The number of ether oxygens (including phenoxy) is 1. The van der Waals surface area contributed by atoms with Gasteiger partial charge in [-0.05, 0) is 30.9 Å². The summed E-state index contributed by atoms with van der Waals surface area (Å²) in [6, 6.07) is 5.39. The van der Waals surface area contributed by atoms with Crippen LogP contribution < -0.4 is 0 Å². The topological polar surface area (TPSA) is 58.9 Å². The predicted octanol–water partition coefficient (Wildman–Crippen LogP) is 2.25. The molecule has 0 spiro atoms. The van der Waals surface area contributed by atoms with E-state index < -0.39 is 5.54 Å². The molecular weight excluding hydrogens is 218 g/mol. The fourth-order valence-corrected chi connectivity index (χ4v) is 2.19. The van der Waals surface area contributed by atoms with Gasteiger partial charge in [-0.1, -0.05) is 12.1 Å². The number of rotatable bonds is 4. The molecular formula is C13H15NO3.